The van der Waals surface area contributed by atoms with Crippen molar-refractivity contribution in [3.05, 3.63) is 364 Å². The highest BCUT2D eigenvalue weighted by Crippen LogP contribution is 2.47. The summed E-state index contributed by atoms with van der Waals surface area (Å²) in [4.78, 5) is 33.2. The third kappa shape index (κ3) is 9.49. The predicted octanol–water partition coefficient (Wildman–Crippen LogP) is 25.0. The van der Waals surface area contributed by atoms with E-state index in [9.17, 15) is 0 Å². The SMILES string of the molecule is c1ccc(-c2cc(-c3ccccc3)nc(-c3cc4c5ccccc5n(-c5nc6cccc(-c7cccc(-c8cc(-c9ccccc9)nc(-c9ccc(-c%10cc%11c%12ccccc%12n(-c%12nc%13ccccc%13c%13nc%14ccccc%14n%12%13)c%11c%11ccccc%10%11)cc9)c8)c7)c6c6nc7ccccc7n56)c4c4ccccc34)c2)cc1. The van der Waals surface area contributed by atoms with E-state index in [0.29, 0.717) is 0 Å². The Morgan fingerprint density at radius 1 is 0.182 bits per heavy atom. The topological polar surface area (TPSA) is 96.0 Å². The standard InChI is InChI=1S/C100H60N10/c1-4-26-61(27-5-1)68-55-87(64-30-8-3-9-31-64)102-89(58-68)79-60-81-74-37-16-21-47-91(74)108(96(81)76-39-13-11-35-72(76)79)100-106-85-45-25-41-70(94(85)98-104-84-44-19-23-49-93(84)110(98)100)67-33-24-32-66(54-67)69-56-86(63-28-6-2-7-29-63)101-88(57-69)65-52-50-62(51-53-65)78-59-80-73-36-15-20-46-90(73)107(95(80)75-38-12-10-34-71(75)78)99-105-82-42-17-14-40-77(82)97-103-83-43-18-22-48-92(83)109(97)99/h1-60H. The van der Waals surface area contributed by atoms with Gasteiger partial charge in [-0.3, -0.25) is 17.9 Å². The first-order valence-electron chi connectivity index (χ1n) is 37.2. The quantitative estimate of drug-likeness (QED) is 0.135. The Kier molecular flexibility index (Phi) is 13.5. The van der Waals surface area contributed by atoms with Crippen LogP contribution in [0.2, 0.25) is 0 Å². The van der Waals surface area contributed by atoms with Crippen LogP contribution >= 0.6 is 0 Å². The molecule has 10 nitrogen and oxygen atoms in total. The van der Waals surface area contributed by atoms with E-state index in [4.69, 9.17) is 29.9 Å². The first-order valence-corrected chi connectivity index (χ1v) is 37.2. The Hall–Kier alpha value is -15.0. The molecule has 0 bridgehead atoms. The van der Waals surface area contributed by atoms with Crippen LogP contribution in [0.3, 0.4) is 0 Å². The third-order valence-electron chi connectivity index (χ3n) is 22.3. The van der Waals surface area contributed by atoms with Gasteiger partial charge in [0.1, 0.15) is 5.65 Å². The van der Waals surface area contributed by atoms with E-state index in [1.54, 1.807) is 0 Å². The minimum atomic E-state index is 0.747. The summed E-state index contributed by atoms with van der Waals surface area (Å²) in [6, 6.07) is 130. The predicted molar refractivity (Wildman–Crippen MR) is 452 cm³/mol. The van der Waals surface area contributed by atoms with E-state index >= 15 is 0 Å². The molecule has 10 heteroatoms. The Bertz CT molecular complexity index is 7710. The molecule has 0 unspecified atom stereocenters. The number of aromatic nitrogens is 10. The second kappa shape index (κ2) is 24.3. The molecule has 0 amide bonds. The van der Waals surface area contributed by atoms with Crippen LogP contribution in [0.5, 0.6) is 0 Å². The van der Waals surface area contributed by atoms with Gasteiger partial charge < -0.3 is 0 Å². The normalized spacial score (nSPS) is 12.0. The molecule has 0 saturated carbocycles. The lowest BCUT2D eigenvalue weighted by molar-refractivity contribution is 0.981. The molecule has 110 heavy (non-hydrogen) atoms. The van der Waals surface area contributed by atoms with E-state index in [0.717, 1.165) is 222 Å². The van der Waals surface area contributed by atoms with Crippen LogP contribution in [-0.2, 0) is 0 Å². The van der Waals surface area contributed by atoms with Crippen LogP contribution < -0.4 is 0 Å². The van der Waals surface area contributed by atoms with Crippen molar-refractivity contribution in [3.63, 3.8) is 0 Å². The van der Waals surface area contributed by atoms with Crippen molar-refractivity contribution in [1.29, 1.82) is 0 Å². The summed E-state index contributed by atoms with van der Waals surface area (Å²) < 4.78 is 9.26. The summed E-state index contributed by atoms with van der Waals surface area (Å²) in [7, 11) is 0. The van der Waals surface area contributed by atoms with E-state index in [-0.39, 0.29) is 0 Å². The minimum absolute atomic E-state index is 0.747. The number of fused-ring (bicyclic) bond motifs is 20. The van der Waals surface area contributed by atoms with Crippen molar-refractivity contribution in [2.45, 2.75) is 0 Å². The van der Waals surface area contributed by atoms with Crippen LogP contribution in [0.1, 0.15) is 0 Å². The van der Waals surface area contributed by atoms with E-state index in [2.05, 4.69) is 382 Å². The molecule has 0 atom stereocenters. The number of rotatable bonds is 10. The molecule has 0 aliphatic carbocycles. The zero-order valence-corrected chi connectivity index (χ0v) is 59.1. The molecule has 23 rings (SSSR count). The molecule has 0 N–H and O–H groups in total. The number of hydrogen-bond donors (Lipinski definition) is 0. The van der Waals surface area contributed by atoms with E-state index in [1.165, 1.54) is 0 Å². The second-order valence-corrected chi connectivity index (χ2v) is 28.5. The van der Waals surface area contributed by atoms with Gasteiger partial charge in [0, 0.05) is 60.0 Å². The maximum absolute atomic E-state index is 5.86. The lowest BCUT2D eigenvalue weighted by Crippen LogP contribution is -2.07. The van der Waals surface area contributed by atoms with Gasteiger partial charge in [-0.05, 0) is 152 Å². The largest absolute Gasteiger partial charge is 0.278 e. The van der Waals surface area contributed by atoms with Crippen molar-refractivity contribution in [2.24, 2.45) is 0 Å². The molecule has 15 aromatic carbocycles. The number of imidazole rings is 2. The van der Waals surface area contributed by atoms with Gasteiger partial charge >= 0.3 is 0 Å². The molecule has 510 valence electrons. The first-order chi connectivity index (χ1) is 54.5. The van der Waals surface area contributed by atoms with Gasteiger partial charge in [0.15, 0.2) is 5.65 Å². The van der Waals surface area contributed by atoms with Crippen molar-refractivity contribution in [2.75, 3.05) is 0 Å². The van der Waals surface area contributed by atoms with Gasteiger partial charge in [-0.1, -0.05) is 267 Å². The summed E-state index contributed by atoms with van der Waals surface area (Å²) in [5.41, 5.74) is 27.8. The smallest absolute Gasteiger partial charge is 0.221 e. The van der Waals surface area contributed by atoms with E-state index in [1.807, 2.05) is 0 Å². The minimum Gasteiger partial charge on any atom is -0.278 e. The number of para-hydroxylation sites is 7. The van der Waals surface area contributed by atoms with Crippen LogP contribution in [-0.4, -0.2) is 47.8 Å². The highest BCUT2D eigenvalue weighted by Gasteiger charge is 2.27. The maximum Gasteiger partial charge on any atom is 0.221 e. The van der Waals surface area contributed by atoms with E-state index < -0.39 is 0 Å². The van der Waals surface area contributed by atoms with Crippen molar-refractivity contribution >= 4 is 120 Å². The zero-order chi connectivity index (χ0) is 72.1. The fourth-order valence-electron chi connectivity index (χ4n) is 17.3. The Labute approximate surface area is 629 Å². The molecule has 8 heterocycles. The Morgan fingerprint density at radius 3 is 1.17 bits per heavy atom. The molecule has 0 saturated heterocycles. The fourth-order valence-corrected chi connectivity index (χ4v) is 17.3. The van der Waals surface area contributed by atoms with Crippen molar-refractivity contribution in [1.82, 2.24) is 47.8 Å². The van der Waals surface area contributed by atoms with Crippen LogP contribution in [0.15, 0.2) is 364 Å². The maximum atomic E-state index is 5.86. The monoisotopic (exact) mass is 1400 g/mol. The van der Waals surface area contributed by atoms with Crippen LogP contribution in [0.4, 0.5) is 0 Å². The Morgan fingerprint density at radius 2 is 0.573 bits per heavy atom. The Balaban J connectivity index is 0.658. The third-order valence-corrected chi connectivity index (χ3v) is 22.3. The van der Waals surface area contributed by atoms with Gasteiger partial charge in [0.05, 0.1) is 83.3 Å². The first kappa shape index (κ1) is 61.3. The van der Waals surface area contributed by atoms with Gasteiger partial charge in [-0.2, -0.15) is 0 Å². The molecule has 8 aromatic heterocycles. The average Bonchev–Trinajstić information content (AvgIpc) is 1.54. The molecular weight excluding hydrogens is 1340 g/mol. The van der Waals surface area contributed by atoms with Gasteiger partial charge in [-0.15, -0.1) is 0 Å². The summed E-state index contributed by atoms with van der Waals surface area (Å²) >= 11 is 0. The van der Waals surface area contributed by atoms with Crippen molar-refractivity contribution in [3.8, 4) is 101 Å². The highest BCUT2D eigenvalue weighted by atomic mass is 15.2. The van der Waals surface area contributed by atoms with Gasteiger partial charge in [0.25, 0.3) is 0 Å². The second-order valence-electron chi connectivity index (χ2n) is 28.5. The molecule has 0 fully saturated rings. The average molecular weight is 1400 g/mol. The van der Waals surface area contributed by atoms with Gasteiger partial charge in [-0.25, -0.2) is 29.9 Å². The summed E-state index contributed by atoms with van der Waals surface area (Å²) in [6.45, 7) is 0. The zero-order valence-electron chi connectivity index (χ0n) is 59.1. The number of nitrogens with zero attached hydrogens (tertiary/aromatic N) is 10. The van der Waals surface area contributed by atoms with Crippen LogP contribution in [0, 0.1) is 0 Å². The fraction of sp³-hybridized carbons (Fsp3) is 0. The lowest BCUT2D eigenvalue weighted by atomic mass is 9.93. The molecule has 0 radical (unpaired) electrons. The molecule has 0 spiro atoms. The number of pyridine rings is 2. The van der Waals surface area contributed by atoms with Crippen molar-refractivity contribution < 1.29 is 0 Å². The molecule has 23 aromatic rings. The lowest BCUT2D eigenvalue weighted by Gasteiger charge is -2.17. The summed E-state index contributed by atoms with van der Waals surface area (Å²) in [5, 5.41) is 10.9. The molecule has 0 aliphatic rings. The summed E-state index contributed by atoms with van der Waals surface area (Å²) in [6.07, 6.45) is 0. The van der Waals surface area contributed by atoms with Gasteiger partial charge in [0.2, 0.25) is 11.9 Å². The molecule has 0 aliphatic heterocycles. The molecular formula is C100H60N10. The summed E-state index contributed by atoms with van der Waals surface area (Å²) in [5.74, 6) is 1.54. The number of benzene rings is 15. The number of hydrogen-bond acceptors (Lipinski definition) is 6. The van der Waals surface area contributed by atoms with Crippen LogP contribution in [0.25, 0.3) is 222 Å². The highest BCUT2D eigenvalue weighted by molar-refractivity contribution is 6.24.